The van der Waals surface area contributed by atoms with Crippen LogP contribution in [0.4, 0.5) is 0 Å². The number of ether oxygens (including phenoxy) is 1. The van der Waals surface area contributed by atoms with Gasteiger partial charge in [0.25, 0.3) is 0 Å². The van der Waals surface area contributed by atoms with Crippen molar-refractivity contribution >= 4 is 18.4 Å². The number of piperidine rings is 1. The minimum absolute atomic E-state index is 0. The van der Waals surface area contributed by atoms with Gasteiger partial charge in [0.2, 0.25) is 0 Å². The lowest BCUT2D eigenvalue weighted by Gasteiger charge is -2.21. The van der Waals surface area contributed by atoms with Crippen LogP contribution < -0.4 is 5.32 Å². The van der Waals surface area contributed by atoms with E-state index >= 15 is 0 Å². The molecule has 0 amide bonds. The van der Waals surface area contributed by atoms with Gasteiger partial charge < -0.3 is 10.1 Å². The fourth-order valence-corrected chi connectivity index (χ4v) is 2.46. The van der Waals surface area contributed by atoms with E-state index in [1.54, 1.807) is 0 Å². The van der Waals surface area contributed by atoms with Crippen LogP contribution in [0.15, 0.2) is 0 Å². The standard InChI is InChI=1S/C9H15NO2.ClH/c1-12-9(11)5-8-6-2-3-7(4-6)10-8;/h6-8,10H,2-5H2,1H3;1H. The van der Waals surface area contributed by atoms with Crippen LogP contribution in [-0.2, 0) is 9.53 Å². The van der Waals surface area contributed by atoms with Crippen LogP contribution in [0.2, 0.25) is 0 Å². The smallest absolute Gasteiger partial charge is 0.307 e. The largest absolute Gasteiger partial charge is 0.469 e. The minimum atomic E-state index is -0.0833. The van der Waals surface area contributed by atoms with Crippen molar-refractivity contribution in [2.75, 3.05) is 7.11 Å². The maximum absolute atomic E-state index is 11.0. The zero-order valence-corrected chi connectivity index (χ0v) is 8.60. The molecule has 1 aliphatic carbocycles. The molecule has 0 radical (unpaired) electrons. The molecule has 3 unspecified atom stereocenters. The molecule has 13 heavy (non-hydrogen) atoms. The van der Waals surface area contributed by atoms with Crippen molar-refractivity contribution in [3.8, 4) is 0 Å². The molecule has 1 saturated heterocycles. The summed E-state index contributed by atoms with van der Waals surface area (Å²) in [7, 11) is 1.45. The van der Waals surface area contributed by atoms with E-state index in [0.29, 0.717) is 18.5 Å². The monoisotopic (exact) mass is 205 g/mol. The topological polar surface area (TPSA) is 38.3 Å². The Bertz CT molecular complexity index is 198. The lowest BCUT2D eigenvalue weighted by molar-refractivity contribution is -0.141. The molecule has 1 aliphatic heterocycles. The summed E-state index contributed by atoms with van der Waals surface area (Å²) in [4.78, 5) is 11.0. The van der Waals surface area contributed by atoms with Crippen molar-refractivity contribution in [3.05, 3.63) is 0 Å². The molecule has 2 aliphatic rings. The summed E-state index contributed by atoms with van der Waals surface area (Å²) >= 11 is 0. The molecule has 3 nitrogen and oxygen atoms in total. The highest BCUT2D eigenvalue weighted by molar-refractivity contribution is 5.85. The van der Waals surface area contributed by atoms with Crippen molar-refractivity contribution in [1.29, 1.82) is 0 Å². The second-order valence-electron chi connectivity index (χ2n) is 3.82. The highest BCUT2D eigenvalue weighted by atomic mass is 35.5. The summed E-state index contributed by atoms with van der Waals surface area (Å²) in [6.07, 6.45) is 4.40. The van der Waals surface area contributed by atoms with E-state index in [2.05, 4.69) is 10.1 Å². The van der Waals surface area contributed by atoms with Gasteiger partial charge in [0, 0.05) is 12.1 Å². The highest BCUT2D eigenvalue weighted by Gasteiger charge is 2.39. The van der Waals surface area contributed by atoms with Crippen molar-refractivity contribution in [3.63, 3.8) is 0 Å². The molecule has 2 rings (SSSR count). The molecule has 2 fully saturated rings. The van der Waals surface area contributed by atoms with Crippen molar-refractivity contribution in [1.82, 2.24) is 5.32 Å². The van der Waals surface area contributed by atoms with Gasteiger partial charge in [0.05, 0.1) is 13.5 Å². The molecule has 1 N–H and O–H groups in total. The summed E-state index contributed by atoms with van der Waals surface area (Å²) in [6, 6.07) is 1.08. The third-order valence-corrected chi connectivity index (χ3v) is 3.11. The van der Waals surface area contributed by atoms with E-state index < -0.39 is 0 Å². The van der Waals surface area contributed by atoms with Crippen molar-refractivity contribution in [2.24, 2.45) is 5.92 Å². The molecule has 2 bridgehead atoms. The summed E-state index contributed by atoms with van der Waals surface area (Å²) in [5.74, 6) is 0.647. The average molecular weight is 206 g/mol. The molecule has 1 saturated carbocycles. The number of methoxy groups -OCH3 is 1. The Morgan fingerprint density at radius 2 is 2.31 bits per heavy atom. The predicted molar refractivity (Wildman–Crippen MR) is 51.9 cm³/mol. The van der Waals surface area contributed by atoms with Gasteiger partial charge in [-0.25, -0.2) is 0 Å². The van der Waals surface area contributed by atoms with Crippen molar-refractivity contribution < 1.29 is 9.53 Å². The van der Waals surface area contributed by atoms with Gasteiger partial charge in [-0.2, -0.15) is 0 Å². The summed E-state index contributed by atoms with van der Waals surface area (Å²) < 4.78 is 4.64. The van der Waals surface area contributed by atoms with E-state index in [0.717, 1.165) is 5.92 Å². The van der Waals surface area contributed by atoms with Crippen LogP contribution in [0.1, 0.15) is 25.7 Å². The van der Waals surface area contributed by atoms with Crippen molar-refractivity contribution in [2.45, 2.75) is 37.8 Å². The van der Waals surface area contributed by atoms with Gasteiger partial charge in [-0.15, -0.1) is 12.4 Å². The van der Waals surface area contributed by atoms with E-state index in [4.69, 9.17) is 0 Å². The maximum Gasteiger partial charge on any atom is 0.307 e. The Labute approximate surface area is 84.6 Å². The van der Waals surface area contributed by atoms with Gasteiger partial charge in [-0.1, -0.05) is 0 Å². The predicted octanol–water partition coefficient (Wildman–Crippen LogP) is 1.11. The lowest BCUT2D eigenvalue weighted by Crippen LogP contribution is -2.37. The second kappa shape index (κ2) is 4.29. The zero-order chi connectivity index (χ0) is 8.55. The zero-order valence-electron chi connectivity index (χ0n) is 7.79. The number of hydrogen-bond acceptors (Lipinski definition) is 3. The van der Waals surface area contributed by atoms with Crippen LogP contribution in [0.3, 0.4) is 0 Å². The Balaban J connectivity index is 0.000000845. The molecule has 4 heteroatoms. The van der Waals surface area contributed by atoms with Crippen LogP contribution in [0.25, 0.3) is 0 Å². The van der Waals surface area contributed by atoms with Crippen LogP contribution in [-0.4, -0.2) is 25.2 Å². The number of carbonyl (C=O) groups excluding carboxylic acids is 1. The normalized spacial score (nSPS) is 35.6. The van der Waals surface area contributed by atoms with Gasteiger partial charge in [0.15, 0.2) is 0 Å². The number of esters is 1. The Morgan fingerprint density at radius 1 is 1.54 bits per heavy atom. The number of hydrogen-bond donors (Lipinski definition) is 1. The molecule has 0 aromatic carbocycles. The molecule has 0 aromatic heterocycles. The number of rotatable bonds is 2. The molecule has 0 spiro atoms. The number of halogens is 1. The minimum Gasteiger partial charge on any atom is -0.469 e. The fourth-order valence-electron chi connectivity index (χ4n) is 2.46. The quantitative estimate of drug-likeness (QED) is 0.687. The van der Waals surface area contributed by atoms with Gasteiger partial charge >= 0.3 is 5.97 Å². The Hall–Kier alpha value is -0.280. The molecular formula is C9H16ClNO2. The third-order valence-electron chi connectivity index (χ3n) is 3.11. The van der Waals surface area contributed by atoms with Gasteiger partial charge in [0.1, 0.15) is 0 Å². The SMILES string of the molecule is COC(=O)CC1NC2CCC1C2.Cl. The fraction of sp³-hybridized carbons (Fsp3) is 0.889. The molecular weight excluding hydrogens is 190 g/mol. The molecule has 1 heterocycles. The number of fused-ring (bicyclic) bond motifs is 2. The first-order valence-electron chi connectivity index (χ1n) is 4.62. The molecule has 0 aromatic rings. The first-order chi connectivity index (χ1) is 5.79. The second-order valence-corrected chi connectivity index (χ2v) is 3.82. The van der Waals surface area contributed by atoms with E-state index in [1.807, 2.05) is 0 Å². The first kappa shape index (κ1) is 10.8. The first-order valence-corrected chi connectivity index (χ1v) is 4.62. The van der Waals surface area contributed by atoms with Gasteiger partial charge in [-0.05, 0) is 25.2 Å². The van der Waals surface area contributed by atoms with Crippen LogP contribution in [0, 0.1) is 5.92 Å². The Morgan fingerprint density at radius 3 is 2.77 bits per heavy atom. The maximum atomic E-state index is 11.0. The van der Waals surface area contributed by atoms with E-state index in [-0.39, 0.29) is 18.4 Å². The van der Waals surface area contributed by atoms with E-state index in [9.17, 15) is 4.79 Å². The van der Waals surface area contributed by atoms with E-state index in [1.165, 1.54) is 26.4 Å². The molecule has 3 atom stereocenters. The third kappa shape index (κ3) is 2.15. The molecule has 76 valence electrons. The highest BCUT2D eigenvalue weighted by Crippen LogP contribution is 2.36. The van der Waals surface area contributed by atoms with Crippen LogP contribution in [0.5, 0.6) is 0 Å². The summed E-state index contributed by atoms with van der Waals surface area (Å²) in [5, 5.41) is 3.45. The van der Waals surface area contributed by atoms with Gasteiger partial charge in [-0.3, -0.25) is 4.79 Å². The number of nitrogens with one attached hydrogen (secondary N) is 1. The lowest BCUT2D eigenvalue weighted by atomic mass is 9.97. The average Bonchev–Trinajstić information content (AvgIpc) is 2.64. The van der Waals surface area contributed by atoms with Crippen LogP contribution >= 0.6 is 12.4 Å². The summed E-state index contributed by atoms with van der Waals surface area (Å²) in [6.45, 7) is 0. The Kier molecular flexibility index (Phi) is 3.56. The number of carbonyl (C=O) groups is 1. The summed E-state index contributed by atoms with van der Waals surface area (Å²) in [5.41, 5.74) is 0.